The largest absolute Gasteiger partial charge is 0.472 e. The first-order chi connectivity index (χ1) is 34.2. The highest BCUT2D eigenvalue weighted by molar-refractivity contribution is 7.47. The van der Waals surface area contributed by atoms with E-state index >= 15 is 0 Å². The first kappa shape index (κ1) is 69.1. The first-order valence-electron chi connectivity index (χ1n) is 27.8. The van der Waals surface area contributed by atoms with Crippen molar-refractivity contribution < 1.29 is 80.2 Å². The summed E-state index contributed by atoms with van der Waals surface area (Å²) < 4.78 is 66.7. The third kappa shape index (κ3) is 47.5. The lowest BCUT2D eigenvalue weighted by Crippen LogP contribution is -2.30. The van der Waals surface area contributed by atoms with Crippen LogP contribution < -0.4 is 0 Å². The Hall–Kier alpha value is -1.94. The number of carbonyl (C=O) groups is 4. The van der Waals surface area contributed by atoms with Crippen LogP contribution in [0.15, 0.2) is 0 Å². The number of hydrogen-bond donors (Lipinski definition) is 3. The molecule has 2 unspecified atom stereocenters. The average Bonchev–Trinajstić information content (AvgIpc) is 3.34. The zero-order chi connectivity index (χ0) is 52.7. The van der Waals surface area contributed by atoms with Crippen LogP contribution in [0.25, 0.3) is 0 Å². The lowest BCUT2D eigenvalue weighted by atomic mass is 10.0. The molecular formula is C52H100O17P2. The number of aliphatic hydroxyl groups excluding tert-OH is 1. The average molecular weight is 1060 g/mol. The van der Waals surface area contributed by atoms with Crippen molar-refractivity contribution in [2.45, 2.75) is 271 Å². The van der Waals surface area contributed by atoms with E-state index in [4.69, 9.17) is 37.0 Å². The van der Waals surface area contributed by atoms with Crippen LogP contribution >= 0.6 is 15.6 Å². The Morgan fingerprint density at radius 2 is 0.577 bits per heavy atom. The fourth-order valence-electron chi connectivity index (χ4n) is 7.49. The quantitative estimate of drug-likeness (QED) is 0.0222. The highest BCUT2D eigenvalue weighted by Gasteiger charge is 2.30. The molecule has 19 heteroatoms. The molecule has 0 heterocycles. The second-order valence-corrected chi connectivity index (χ2v) is 21.8. The van der Waals surface area contributed by atoms with E-state index in [0.29, 0.717) is 25.7 Å². The number of carbonyl (C=O) groups excluding carboxylic acids is 4. The van der Waals surface area contributed by atoms with Crippen molar-refractivity contribution in [1.29, 1.82) is 0 Å². The van der Waals surface area contributed by atoms with Crippen molar-refractivity contribution in [2.24, 2.45) is 0 Å². The van der Waals surface area contributed by atoms with Gasteiger partial charge in [0, 0.05) is 25.7 Å². The summed E-state index contributed by atoms with van der Waals surface area (Å²) in [5.74, 6) is -2.20. The molecule has 0 rings (SSSR count). The molecule has 0 spiro atoms. The van der Waals surface area contributed by atoms with Crippen molar-refractivity contribution in [3.8, 4) is 0 Å². The van der Waals surface area contributed by atoms with E-state index in [-0.39, 0.29) is 25.7 Å². The van der Waals surface area contributed by atoms with E-state index in [1.54, 1.807) is 0 Å². The van der Waals surface area contributed by atoms with E-state index < -0.39 is 97.5 Å². The van der Waals surface area contributed by atoms with Gasteiger partial charge in [-0.2, -0.15) is 0 Å². The minimum atomic E-state index is -4.92. The minimum Gasteiger partial charge on any atom is -0.462 e. The molecule has 5 atom stereocenters. The molecule has 17 nitrogen and oxygen atoms in total. The molecular weight excluding hydrogens is 959 g/mol. The molecule has 0 aromatic rings. The van der Waals surface area contributed by atoms with Gasteiger partial charge in [-0.3, -0.25) is 37.3 Å². The maximum Gasteiger partial charge on any atom is 0.472 e. The fourth-order valence-corrected chi connectivity index (χ4v) is 9.07. The number of unbranched alkanes of at least 4 members (excludes halogenated alkanes) is 27. The van der Waals surface area contributed by atoms with E-state index in [1.165, 1.54) is 96.3 Å². The molecule has 0 aromatic carbocycles. The summed E-state index contributed by atoms with van der Waals surface area (Å²) in [7, 11) is -9.83. The van der Waals surface area contributed by atoms with Crippen LogP contribution in [0.4, 0.5) is 0 Å². The van der Waals surface area contributed by atoms with Gasteiger partial charge in [-0.1, -0.05) is 201 Å². The number of phosphoric ester groups is 2. The predicted molar refractivity (Wildman–Crippen MR) is 275 cm³/mol. The summed E-state index contributed by atoms with van der Waals surface area (Å²) in [6, 6.07) is 0. The number of phosphoric acid groups is 2. The number of aliphatic hydroxyl groups is 1. The second kappa shape index (κ2) is 47.8. The van der Waals surface area contributed by atoms with Crippen LogP contribution in [0.2, 0.25) is 0 Å². The van der Waals surface area contributed by atoms with Crippen molar-refractivity contribution in [3.05, 3.63) is 0 Å². The zero-order valence-corrected chi connectivity index (χ0v) is 46.5. The lowest BCUT2D eigenvalue weighted by Gasteiger charge is -2.21. The summed E-state index contributed by atoms with van der Waals surface area (Å²) in [4.78, 5) is 70.7. The Kier molecular flexibility index (Phi) is 46.4. The molecule has 0 amide bonds. The third-order valence-corrected chi connectivity index (χ3v) is 13.8. The second-order valence-electron chi connectivity index (χ2n) is 18.9. The third-order valence-electron chi connectivity index (χ3n) is 11.9. The van der Waals surface area contributed by atoms with Gasteiger partial charge in [0.1, 0.15) is 19.3 Å². The van der Waals surface area contributed by atoms with Crippen molar-refractivity contribution in [2.75, 3.05) is 39.6 Å². The smallest absolute Gasteiger partial charge is 0.462 e. The summed E-state index contributed by atoms with van der Waals surface area (Å²) in [5.41, 5.74) is 0. The maximum absolute atomic E-state index is 12.8. The van der Waals surface area contributed by atoms with E-state index in [0.717, 1.165) is 77.0 Å². The van der Waals surface area contributed by atoms with Crippen molar-refractivity contribution in [1.82, 2.24) is 0 Å². The van der Waals surface area contributed by atoms with Gasteiger partial charge in [-0.05, 0) is 25.7 Å². The normalized spacial score (nSPS) is 14.5. The zero-order valence-electron chi connectivity index (χ0n) is 44.7. The molecule has 0 aliphatic heterocycles. The number of ether oxygens (including phenoxy) is 4. The van der Waals surface area contributed by atoms with Gasteiger partial charge in [0.25, 0.3) is 0 Å². The lowest BCUT2D eigenvalue weighted by molar-refractivity contribution is -0.161. The van der Waals surface area contributed by atoms with Gasteiger partial charge in [0.05, 0.1) is 26.4 Å². The van der Waals surface area contributed by atoms with Crippen molar-refractivity contribution >= 4 is 39.5 Å². The SMILES string of the molecule is CCCCCCCCCCCCCCCCCC(=O)OC[C@H](COP(=O)(O)OC[C@H](O)COP(=O)(O)OC[C@@H](COC(=O)CCCC)OC(=O)CCCCCCC)OC(=O)CCCCCCCCCCC. The monoisotopic (exact) mass is 1060 g/mol. The molecule has 0 saturated heterocycles. The standard InChI is InChI=1S/C52H100O17P2/c1-5-9-13-16-18-20-21-22-23-24-25-27-28-31-33-37-50(55)63-43-48(69-52(57)39-35-32-29-26-19-17-14-10-6-2)45-67-71(60,61)65-41-46(53)40-64-70(58,59)66-44-47(42-62-49(54)36-12-8-4)68-51(56)38-34-30-15-11-7-3/h46-48,53H,5-45H2,1-4H3,(H,58,59)(H,60,61)/t46-,47-,48-/m1/s1. The minimum absolute atomic E-state index is 0.0974. The molecule has 0 radical (unpaired) electrons. The molecule has 0 fully saturated rings. The molecule has 0 bridgehead atoms. The molecule has 0 saturated carbocycles. The highest BCUT2D eigenvalue weighted by atomic mass is 31.2. The van der Waals surface area contributed by atoms with Crippen LogP contribution in [0.1, 0.15) is 252 Å². The van der Waals surface area contributed by atoms with E-state index in [9.17, 15) is 43.2 Å². The van der Waals surface area contributed by atoms with E-state index in [1.807, 2.05) is 6.92 Å². The predicted octanol–water partition coefficient (Wildman–Crippen LogP) is 13.3. The number of hydrogen-bond acceptors (Lipinski definition) is 15. The number of rotatable bonds is 53. The Morgan fingerprint density at radius 3 is 0.873 bits per heavy atom. The highest BCUT2D eigenvalue weighted by Crippen LogP contribution is 2.45. The molecule has 0 aliphatic rings. The molecule has 71 heavy (non-hydrogen) atoms. The Bertz CT molecular complexity index is 1400. The summed E-state index contributed by atoms with van der Waals surface area (Å²) in [6.45, 7) is 4.43. The van der Waals surface area contributed by atoms with Gasteiger partial charge < -0.3 is 33.8 Å². The maximum atomic E-state index is 12.8. The summed E-state index contributed by atoms with van der Waals surface area (Å²) in [5, 5.41) is 10.4. The molecule has 420 valence electrons. The first-order valence-corrected chi connectivity index (χ1v) is 30.8. The van der Waals surface area contributed by atoms with Gasteiger partial charge in [-0.15, -0.1) is 0 Å². The molecule has 0 aromatic heterocycles. The Labute approximate surface area is 428 Å². The van der Waals surface area contributed by atoms with Gasteiger partial charge >= 0.3 is 39.5 Å². The van der Waals surface area contributed by atoms with Crippen molar-refractivity contribution in [3.63, 3.8) is 0 Å². The number of esters is 4. The van der Waals surface area contributed by atoms with Crippen LogP contribution in [-0.2, 0) is 65.4 Å². The van der Waals surface area contributed by atoms with Crippen LogP contribution in [0.5, 0.6) is 0 Å². The van der Waals surface area contributed by atoms with Gasteiger partial charge in [-0.25, -0.2) is 9.13 Å². The topological polar surface area (TPSA) is 237 Å². The van der Waals surface area contributed by atoms with Crippen LogP contribution in [0, 0.1) is 0 Å². The fraction of sp³-hybridized carbons (Fsp3) is 0.923. The Balaban J connectivity index is 5.02. The van der Waals surface area contributed by atoms with Gasteiger partial charge in [0.2, 0.25) is 0 Å². The molecule has 0 aliphatic carbocycles. The Morgan fingerprint density at radius 1 is 0.338 bits per heavy atom. The van der Waals surface area contributed by atoms with Crippen LogP contribution in [-0.4, -0.2) is 96.7 Å². The summed E-state index contributed by atoms with van der Waals surface area (Å²) >= 11 is 0. The van der Waals surface area contributed by atoms with E-state index in [2.05, 4.69) is 20.8 Å². The van der Waals surface area contributed by atoms with Gasteiger partial charge in [0.15, 0.2) is 12.2 Å². The van der Waals surface area contributed by atoms with Crippen LogP contribution in [0.3, 0.4) is 0 Å². The molecule has 3 N–H and O–H groups in total. The summed E-state index contributed by atoms with van der Waals surface area (Å²) in [6.07, 6.45) is 29.6.